The first-order chi connectivity index (χ1) is 9.09. The lowest BCUT2D eigenvalue weighted by Gasteiger charge is -2.05. The first-order valence-electron chi connectivity index (χ1n) is 5.57. The average Bonchev–Trinajstić information content (AvgIpc) is 2.38. The van der Waals surface area contributed by atoms with E-state index >= 15 is 0 Å². The lowest BCUT2D eigenvalue weighted by Crippen LogP contribution is -2.10. The van der Waals surface area contributed by atoms with Crippen LogP contribution in [-0.2, 0) is 0 Å². The number of hydrogen-bond donors (Lipinski definition) is 2. The predicted octanol–water partition coefficient (Wildman–Crippen LogP) is 2.17. The molecule has 3 N–H and O–H groups in total. The number of H-pyrrole nitrogens is 1. The molecule has 0 amide bonds. The Kier molecular flexibility index (Phi) is 2.25. The molecule has 0 unspecified atom stereocenters. The van der Waals surface area contributed by atoms with Crippen molar-refractivity contribution in [1.82, 2.24) is 4.98 Å². The van der Waals surface area contributed by atoms with Crippen LogP contribution in [0.3, 0.4) is 0 Å². The van der Waals surface area contributed by atoms with Crippen molar-refractivity contribution in [2.45, 2.75) is 0 Å². The van der Waals surface area contributed by atoms with Gasteiger partial charge in [-0.3, -0.25) is 14.9 Å². The van der Waals surface area contributed by atoms with E-state index in [9.17, 15) is 14.9 Å². The molecule has 0 saturated heterocycles. The highest BCUT2D eigenvalue weighted by Crippen LogP contribution is 2.32. The zero-order valence-corrected chi connectivity index (χ0v) is 9.71. The quantitative estimate of drug-likeness (QED) is 0.301. The zero-order valence-electron chi connectivity index (χ0n) is 9.71. The molecule has 0 saturated carbocycles. The van der Waals surface area contributed by atoms with Crippen molar-refractivity contribution in [2.24, 2.45) is 0 Å². The fraction of sp³-hybridized carbons (Fsp3) is 0. The number of para-hydroxylation sites is 1. The van der Waals surface area contributed by atoms with Gasteiger partial charge in [0.25, 0.3) is 5.56 Å². The summed E-state index contributed by atoms with van der Waals surface area (Å²) in [6.45, 7) is 0. The van der Waals surface area contributed by atoms with E-state index in [-0.39, 0.29) is 16.8 Å². The standard InChI is InChI=1S/C13H9N3O3/c14-9-6-5-8-7-3-1-2-4-10(7)15-13(17)11(8)12(9)16(18)19/h1-6H,14H2,(H,15,17). The van der Waals surface area contributed by atoms with Crippen molar-refractivity contribution < 1.29 is 4.92 Å². The Hall–Kier alpha value is -2.89. The molecule has 94 valence electrons. The fourth-order valence-corrected chi connectivity index (χ4v) is 2.27. The minimum Gasteiger partial charge on any atom is -0.393 e. The largest absolute Gasteiger partial charge is 0.393 e. The molecular formula is C13H9N3O3. The Morgan fingerprint density at radius 1 is 1.11 bits per heavy atom. The second-order valence-corrected chi connectivity index (χ2v) is 4.18. The van der Waals surface area contributed by atoms with Crippen molar-refractivity contribution >= 4 is 33.1 Å². The normalized spacial score (nSPS) is 10.9. The zero-order chi connectivity index (χ0) is 13.6. The predicted molar refractivity (Wildman–Crippen MR) is 73.1 cm³/mol. The molecule has 2 aromatic carbocycles. The maximum Gasteiger partial charge on any atom is 0.305 e. The molecule has 1 heterocycles. The second kappa shape index (κ2) is 3.81. The van der Waals surface area contributed by atoms with Crippen molar-refractivity contribution in [1.29, 1.82) is 0 Å². The molecule has 3 aromatic rings. The van der Waals surface area contributed by atoms with Crippen LogP contribution in [0.1, 0.15) is 0 Å². The highest BCUT2D eigenvalue weighted by atomic mass is 16.6. The van der Waals surface area contributed by atoms with Crippen molar-refractivity contribution in [2.75, 3.05) is 5.73 Å². The van der Waals surface area contributed by atoms with Crippen LogP contribution in [0.2, 0.25) is 0 Å². The van der Waals surface area contributed by atoms with Crippen LogP contribution in [0.4, 0.5) is 11.4 Å². The molecule has 0 aliphatic carbocycles. The molecule has 19 heavy (non-hydrogen) atoms. The minimum absolute atomic E-state index is 0.0155. The molecule has 3 rings (SSSR count). The van der Waals surface area contributed by atoms with Gasteiger partial charge in [0.05, 0.1) is 4.92 Å². The van der Waals surface area contributed by atoms with Gasteiger partial charge in [-0.05, 0) is 12.1 Å². The van der Waals surface area contributed by atoms with Crippen LogP contribution in [0, 0.1) is 10.1 Å². The van der Waals surface area contributed by atoms with Gasteiger partial charge in [-0.2, -0.15) is 0 Å². The summed E-state index contributed by atoms with van der Waals surface area (Å²) in [6, 6.07) is 10.2. The Bertz CT molecular complexity index is 883. The third-order valence-electron chi connectivity index (χ3n) is 3.08. The van der Waals surface area contributed by atoms with Crippen molar-refractivity contribution in [3.05, 3.63) is 56.9 Å². The molecule has 0 atom stereocenters. The molecule has 0 spiro atoms. The van der Waals surface area contributed by atoms with Gasteiger partial charge < -0.3 is 10.7 Å². The molecule has 0 radical (unpaired) electrons. The van der Waals surface area contributed by atoms with E-state index in [4.69, 9.17) is 5.73 Å². The lowest BCUT2D eigenvalue weighted by molar-refractivity contribution is -0.382. The summed E-state index contributed by atoms with van der Waals surface area (Å²) in [4.78, 5) is 25.2. The van der Waals surface area contributed by atoms with Gasteiger partial charge in [0.2, 0.25) is 0 Å². The van der Waals surface area contributed by atoms with Crippen molar-refractivity contribution in [3.63, 3.8) is 0 Å². The molecule has 0 aliphatic rings. The Morgan fingerprint density at radius 2 is 1.84 bits per heavy atom. The molecular weight excluding hydrogens is 246 g/mol. The van der Waals surface area contributed by atoms with Crippen LogP contribution < -0.4 is 11.3 Å². The number of aromatic nitrogens is 1. The van der Waals surface area contributed by atoms with E-state index in [1.54, 1.807) is 24.3 Å². The highest BCUT2D eigenvalue weighted by Gasteiger charge is 2.20. The number of rotatable bonds is 1. The SMILES string of the molecule is Nc1ccc2c(c1[N+](=O)[O-])c(=O)[nH]c1ccccc12. The summed E-state index contributed by atoms with van der Waals surface area (Å²) in [5.74, 6) is 0. The number of nitrogens with zero attached hydrogens (tertiary/aromatic N) is 1. The maximum atomic E-state index is 12.1. The van der Waals surface area contributed by atoms with Gasteiger partial charge in [0.1, 0.15) is 11.1 Å². The molecule has 0 fully saturated rings. The first-order valence-corrected chi connectivity index (χ1v) is 5.57. The molecule has 1 aromatic heterocycles. The number of anilines is 1. The Morgan fingerprint density at radius 3 is 2.58 bits per heavy atom. The number of nitrogens with one attached hydrogen (secondary N) is 1. The summed E-state index contributed by atoms with van der Waals surface area (Å²) in [5, 5.41) is 12.4. The van der Waals surface area contributed by atoms with E-state index in [1.165, 1.54) is 6.07 Å². The average molecular weight is 255 g/mol. The van der Waals surface area contributed by atoms with Gasteiger partial charge in [0, 0.05) is 16.3 Å². The Balaban J connectivity index is 2.66. The number of nitro benzene ring substituents is 1. The monoisotopic (exact) mass is 255 g/mol. The number of pyridine rings is 1. The molecule has 6 nitrogen and oxygen atoms in total. The van der Waals surface area contributed by atoms with E-state index in [1.807, 2.05) is 6.07 Å². The number of benzene rings is 2. The third-order valence-corrected chi connectivity index (χ3v) is 3.08. The number of nitrogen functional groups attached to an aromatic ring is 1. The minimum atomic E-state index is -0.623. The highest BCUT2D eigenvalue weighted by molar-refractivity contribution is 6.10. The number of hydrogen-bond acceptors (Lipinski definition) is 4. The van der Waals surface area contributed by atoms with Crippen LogP contribution in [-0.4, -0.2) is 9.91 Å². The van der Waals surface area contributed by atoms with Crippen LogP contribution >= 0.6 is 0 Å². The fourth-order valence-electron chi connectivity index (χ4n) is 2.27. The second-order valence-electron chi connectivity index (χ2n) is 4.18. The summed E-state index contributed by atoms with van der Waals surface area (Å²) >= 11 is 0. The smallest absolute Gasteiger partial charge is 0.305 e. The summed E-state index contributed by atoms with van der Waals surface area (Å²) < 4.78 is 0. The molecule has 0 aliphatic heterocycles. The molecule has 0 bridgehead atoms. The van der Waals surface area contributed by atoms with Crippen LogP contribution in [0.15, 0.2) is 41.2 Å². The number of fused-ring (bicyclic) bond motifs is 3. The summed E-state index contributed by atoms with van der Waals surface area (Å²) in [5.41, 5.74) is 5.38. The first kappa shape index (κ1) is 11.2. The maximum absolute atomic E-state index is 12.1. The lowest BCUT2D eigenvalue weighted by atomic mass is 10.0. The Labute approximate surface area is 106 Å². The van der Waals surface area contributed by atoms with Crippen LogP contribution in [0.5, 0.6) is 0 Å². The van der Waals surface area contributed by atoms with E-state index < -0.39 is 10.5 Å². The van der Waals surface area contributed by atoms with Gasteiger partial charge in [-0.1, -0.05) is 24.3 Å². The third kappa shape index (κ3) is 1.54. The van der Waals surface area contributed by atoms with E-state index in [2.05, 4.69) is 4.98 Å². The number of aromatic amines is 1. The van der Waals surface area contributed by atoms with Crippen LogP contribution in [0.25, 0.3) is 21.7 Å². The van der Waals surface area contributed by atoms with E-state index in [0.29, 0.717) is 10.9 Å². The number of nitro groups is 1. The summed E-state index contributed by atoms with van der Waals surface area (Å²) in [7, 11) is 0. The number of nitrogens with two attached hydrogens (primary N) is 1. The topological polar surface area (TPSA) is 102 Å². The van der Waals surface area contributed by atoms with E-state index in [0.717, 1.165) is 5.39 Å². The van der Waals surface area contributed by atoms with Crippen molar-refractivity contribution in [3.8, 4) is 0 Å². The van der Waals surface area contributed by atoms with Gasteiger partial charge in [-0.25, -0.2) is 0 Å². The molecule has 6 heteroatoms. The van der Waals surface area contributed by atoms with Gasteiger partial charge in [0.15, 0.2) is 0 Å². The van der Waals surface area contributed by atoms with Gasteiger partial charge in [-0.15, -0.1) is 0 Å². The summed E-state index contributed by atoms with van der Waals surface area (Å²) in [6.07, 6.45) is 0. The van der Waals surface area contributed by atoms with Gasteiger partial charge >= 0.3 is 5.69 Å².